The van der Waals surface area contributed by atoms with Crippen LogP contribution in [0.5, 0.6) is 11.5 Å². The number of phenolic OH excluding ortho intramolecular Hbond substituents is 1. The number of ether oxygens (including phenoxy) is 2. The average Bonchev–Trinajstić information content (AvgIpc) is 0.815. The predicted octanol–water partition coefficient (Wildman–Crippen LogP) is 20.8. The molecule has 4 aromatic carbocycles. The first kappa shape index (κ1) is 86.7. The molecule has 2 heterocycles. The van der Waals surface area contributed by atoms with E-state index in [2.05, 4.69) is 76.0 Å². The second kappa shape index (κ2) is 42.7. The topological polar surface area (TPSA) is 226 Å². The molecule has 536 valence electrons. The van der Waals surface area contributed by atoms with Gasteiger partial charge in [-0.3, -0.25) is 24.0 Å². The molecule has 2 aromatic heterocycles. The molecule has 4 atom stereocenters. The van der Waals surface area contributed by atoms with E-state index >= 15 is 0 Å². The molecule has 0 aliphatic rings. The Bertz CT molecular complexity index is 3510. The maximum Gasteiger partial charge on any atom is 0.420 e. The maximum atomic E-state index is 13.9. The second-order valence-corrected chi connectivity index (χ2v) is 38.7. The van der Waals surface area contributed by atoms with E-state index in [4.69, 9.17) is 80.8 Å². The molecule has 0 bridgehead atoms. The zero-order valence-electron chi connectivity index (χ0n) is 57.7. The number of amides is 1. The second-order valence-electron chi connectivity index (χ2n) is 23.1. The van der Waals surface area contributed by atoms with Crippen molar-refractivity contribution in [2.75, 3.05) is 103 Å². The number of carbonyl (C=O) groups excluding carboxylic acids is 2. The lowest BCUT2D eigenvalue weighted by atomic mass is 10.1. The summed E-state index contributed by atoms with van der Waals surface area (Å²) in [5, 5.41) is 14.7. The van der Waals surface area contributed by atoms with Gasteiger partial charge in [-0.1, -0.05) is 75.2 Å². The summed E-state index contributed by atoms with van der Waals surface area (Å²) in [5.41, 5.74) is 3.92. The molecule has 0 aliphatic heterocycles. The first-order valence-corrected chi connectivity index (χ1v) is 43.0. The van der Waals surface area contributed by atoms with Crippen LogP contribution in [-0.4, -0.2) is 156 Å². The summed E-state index contributed by atoms with van der Waals surface area (Å²) >= 11 is 31.7. The first-order valence-electron chi connectivity index (χ1n) is 32.1. The van der Waals surface area contributed by atoms with Crippen molar-refractivity contribution in [3.05, 3.63) is 131 Å². The molecule has 19 nitrogen and oxygen atoms in total. The Balaban J connectivity index is 0.000000390. The smallest absolute Gasteiger partial charge is 0.420 e. The highest BCUT2D eigenvalue weighted by Gasteiger charge is 2.44. The van der Waals surface area contributed by atoms with E-state index in [1.165, 1.54) is 13.0 Å². The number of aromatic hydroxyl groups is 1. The summed E-state index contributed by atoms with van der Waals surface area (Å²) < 4.78 is 82.0. The van der Waals surface area contributed by atoms with Gasteiger partial charge in [-0.25, -0.2) is 9.59 Å². The molecule has 6 rings (SSSR count). The number of pyridine rings is 2. The Kier molecular flexibility index (Phi) is 38.5. The molecule has 0 saturated carbocycles. The van der Waals surface area contributed by atoms with Gasteiger partial charge >= 0.3 is 30.7 Å². The lowest BCUT2D eigenvalue weighted by Gasteiger charge is -2.30. The molecule has 0 fully saturated rings. The fourth-order valence-corrected chi connectivity index (χ4v) is 21.8. The third-order valence-electron chi connectivity index (χ3n) is 15.2. The van der Waals surface area contributed by atoms with Gasteiger partial charge in [0.2, 0.25) is 0 Å². The van der Waals surface area contributed by atoms with Crippen LogP contribution in [0.3, 0.4) is 0 Å². The molecule has 2 N–H and O–H groups in total. The number of carbonyl (C=O) groups is 2. The summed E-state index contributed by atoms with van der Waals surface area (Å²) in [4.78, 5) is 39.0. The van der Waals surface area contributed by atoms with Crippen LogP contribution in [0.15, 0.2) is 109 Å². The van der Waals surface area contributed by atoms with Crippen LogP contribution in [0.2, 0.25) is 10.0 Å². The number of anilines is 2. The summed E-state index contributed by atoms with van der Waals surface area (Å²) in [6.45, 7) is 33.6. The van der Waals surface area contributed by atoms with Crippen LogP contribution >= 0.6 is 99.1 Å². The highest BCUT2D eigenvalue weighted by Crippen LogP contribution is 2.68. The molecule has 0 radical (unpaired) electrons. The normalized spacial score (nSPS) is 13.3. The van der Waals surface area contributed by atoms with Crippen molar-refractivity contribution in [3.8, 4) is 11.5 Å². The van der Waals surface area contributed by atoms with E-state index in [1.54, 1.807) is 126 Å². The Hall–Kier alpha value is -3.54. The van der Waals surface area contributed by atoms with Gasteiger partial charge in [0.1, 0.15) is 22.3 Å². The van der Waals surface area contributed by atoms with E-state index in [0.29, 0.717) is 34.4 Å². The number of nitrogens with one attached hydrogen (secondary N) is 1. The molecule has 4 unspecified atom stereocenters. The fourth-order valence-electron chi connectivity index (χ4n) is 10.3. The lowest BCUT2D eigenvalue weighted by Crippen LogP contribution is -2.41. The number of phenols is 1. The average molecular weight is 1530 g/mol. The highest BCUT2D eigenvalue weighted by atomic mass is 35.6. The van der Waals surface area contributed by atoms with Crippen molar-refractivity contribution in [2.24, 2.45) is 0 Å². The Morgan fingerprint density at radius 2 is 1.00 bits per heavy atom. The quantitative estimate of drug-likeness (QED) is 0.0222. The highest BCUT2D eigenvalue weighted by molar-refractivity contribution is 7.77. The van der Waals surface area contributed by atoms with Gasteiger partial charge in [0, 0.05) is 62.6 Å². The SMILES string of the molecule is CCN(CC)CCCC(C)Nc1ccnc2cc(Cl)ccc12.CCOP(=O)(OCC)C(Cc1ccc(O)cc1)P(C)(C)=O.CCOP(=O)(OCC)C(Cc1ccc(OC(=O)N(c2ccnc3cc(Cl)ccc23)C(C)CCCN(CC)CC)cc1)P(C)(C)=O.O=C(Cl)OC(Cl)(Cl)Cl. The number of hydrogen-bond donors (Lipinski definition) is 2. The molecular formula is C67H98Cl6N6O13P4. The van der Waals surface area contributed by atoms with Crippen molar-refractivity contribution < 1.29 is 60.5 Å². The van der Waals surface area contributed by atoms with Crippen molar-refractivity contribution in [3.63, 3.8) is 0 Å². The minimum Gasteiger partial charge on any atom is -0.508 e. The van der Waals surface area contributed by atoms with Crippen LogP contribution in [0.4, 0.5) is 21.0 Å². The number of benzene rings is 4. The molecule has 96 heavy (non-hydrogen) atoms. The standard InChI is InChI=1S/C33H48ClN3O6P2.C18H26ClN3.C14H24O5P2.C2Cl4O2/c1-8-36(9-2)22-12-13-25(5)37(31-20-21-35-30-24-27(34)16-19-29(30)31)33(38)43-28-17-14-26(15-18-28)23-32(44(6,7)39)45(40,41-10-3)42-11-4;1-4-22(5-2)12-6-7-14(3)21-17-10-11-20-18-13-15(19)8-9-16(17)18;1-5-18-21(17,19-6-2)14(20(3,4)16)11-12-7-9-13(15)10-8-12;3-1(7)8-2(4,5)6/h14-21,24-25,32H,8-13,22-23H2,1-7H3;8-11,13-14H,4-7,12H2,1-3H3,(H,20,21);7-10,14-15H,5-6,11H2,1-4H3;. The number of fused-ring (bicyclic) bond motifs is 2. The van der Waals surface area contributed by atoms with Crippen LogP contribution in [-0.2, 0) is 53.9 Å². The van der Waals surface area contributed by atoms with E-state index in [1.807, 2.05) is 49.5 Å². The lowest BCUT2D eigenvalue weighted by molar-refractivity contribution is 0.172. The van der Waals surface area contributed by atoms with Crippen molar-refractivity contribution in [1.82, 2.24) is 19.8 Å². The van der Waals surface area contributed by atoms with Gasteiger partial charge < -0.3 is 56.9 Å². The molecule has 0 spiro atoms. The molecule has 1 amide bonds. The Labute approximate surface area is 599 Å². The summed E-state index contributed by atoms with van der Waals surface area (Å²) in [7, 11) is -12.7. The predicted molar refractivity (Wildman–Crippen MR) is 401 cm³/mol. The van der Waals surface area contributed by atoms with Crippen molar-refractivity contribution in [1.29, 1.82) is 0 Å². The van der Waals surface area contributed by atoms with E-state index < -0.39 is 55.8 Å². The van der Waals surface area contributed by atoms with Crippen molar-refractivity contribution in [2.45, 2.75) is 135 Å². The zero-order valence-corrected chi connectivity index (χ0v) is 65.8. The zero-order chi connectivity index (χ0) is 72.0. The van der Waals surface area contributed by atoms with E-state index in [0.717, 1.165) is 90.1 Å². The molecule has 6 aromatic rings. The number of hydrogen-bond acceptors (Lipinski definition) is 18. The van der Waals surface area contributed by atoms with Gasteiger partial charge in [0.15, 0.2) is 0 Å². The van der Waals surface area contributed by atoms with Gasteiger partial charge in [-0.05, 0) is 265 Å². The Morgan fingerprint density at radius 3 is 1.41 bits per heavy atom. The molecular weight excluding hydrogens is 1430 g/mol. The number of halogens is 6. The van der Waals surface area contributed by atoms with Gasteiger partial charge in [-0.15, -0.1) is 0 Å². The van der Waals surface area contributed by atoms with Crippen LogP contribution in [0.1, 0.15) is 106 Å². The monoisotopic (exact) mass is 1530 g/mol. The number of alkyl halides is 3. The first-order chi connectivity index (χ1) is 45.1. The number of aromatic nitrogens is 2. The summed E-state index contributed by atoms with van der Waals surface area (Å²) in [6, 6.07) is 29.0. The van der Waals surface area contributed by atoms with Crippen molar-refractivity contribution >= 4 is 144 Å². The number of rotatable bonds is 33. The Morgan fingerprint density at radius 1 is 0.583 bits per heavy atom. The molecule has 29 heteroatoms. The van der Waals surface area contributed by atoms with Crippen LogP contribution in [0, 0.1) is 0 Å². The largest absolute Gasteiger partial charge is 0.508 e. The number of nitrogens with zero attached hydrogens (tertiary/aromatic N) is 5. The summed E-state index contributed by atoms with van der Waals surface area (Å²) in [6.07, 6.45) is 7.62. The van der Waals surface area contributed by atoms with Crippen LogP contribution < -0.4 is 15.0 Å². The van der Waals surface area contributed by atoms with Gasteiger partial charge in [0.05, 0.1) is 57.4 Å². The van der Waals surface area contributed by atoms with Gasteiger partial charge in [-0.2, -0.15) is 0 Å². The van der Waals surface area contributed by atoms with Crippen LogP contribution in [0.25, 0.3) is 21.8 Å². The third-order valence-corrected chi connectivity index (χ3v) is 28.5. The fraction of sp³-hybridized carbons (Fsp3) is 0.522. The van der Waals surface area contributed by atoms with E-state index in [-0.39, 0.29) is 44.6 Å². The van der Waals surface area contributed by atoms with E-state index in [9.17, 15) is 33.0 Å². The summed E-state index contributed by atoms with van der Waals surface area (Å²) in [5.74, 6) is 0.514. The molecule has 0 aliphatic carbocycles. The van der Waals surface area contributed by atoms with Gasteiger partial charge in [0.25, 0.3) is 0 Å². The minimum absolute atomic E-state index is 0.157. The molecule has 0 saturated heterocycles. The minimum atomic E-state index is -3.62. The third kappa shape index (κ3) is 30.0. The maximum absolute atomic E-state index is 13.9.